The molecule has 1 aliphatic rings. The molecule has 26 heavy (non-hydrogen) atoms. The molecule has 0 saturated heterocycles. The lowest BCUT2D eigenvalue weighted by atomic mass is 10.2. The van der Waals surface area contributed by atoms with Gasteiger partial charge in [0.1, 0.15) is 5.75 Å². The van der Waals surface area contributed by atoms with Crippen molar-refractivity contribution in [2.45, 2.75) is 70.9 Å². The Balaban J connectivity index is 1.42. The molecule has 1 aromatic carbocycles. The third-order valence-electron chi connectivity index (χ3n) is 4.67. The lowest BCUT2D eigenvalue weighted by Gasteiger charge is -2.16. The van der Waals surface area contributed by atoms with E-state index in [0.29, 0.717) is 43.6 Å². The molecular weight excluding hydrogens is 330 g/mol. The van der Waals surface area contributed by atoms with Crippen LogP contribution in [0.15, 0.2) is 28.8 Å². The number of hydrogen-bond acceptors (Lipinski definition) is 5. The Morgan fingerprint density at radius 1 is 1.31 bits per heavy atom. The Labute approximate surface area is 154 Å². The Hall–Kier alpha value is -2.37. The fourth-order valence-corrected chi connectivity index (χ4v) is 3.17. The minimum atomic E-state index is 0.0240. The van der Waals surface area contributed by atoms with Crippen LogP contribution in [0, 0.1) is 0 Å². The molecule has 1 fully saturated rings. The van der Waals surface area contributed by atoms with Crippen molar-refractivity contribution < 1.29 is 14.1 Å². The molecule has 0 unspecified atom stereocenters. The molecule has 6 nitrogen and oxygen atoms in total. The van der Waals surface area contributed by atoms with Crippen molar-refractivity contribution in [2.24, 2.45) is 0 Å². The van der Waals surface area contributed by atoms with E-state index >= 15 is 0 Å². The summed E-state index contributed by atoms with van der Waals surface area (Å²) in [5.74, 6) is 2.22. The van der Waals surface area contributed by atoms with Gasteiger partial charge in [-0.25, -0.2) is 0 Å². The zero-order chi connectivity index (χ0) is 18.2. The molecule has 0 atom stereocenters. The van der Waals surface area contributed by atoms with Crippen molar-refractivity contribution in [3.63, 3.8) is 0 Å². The third-order valence-corrected chi connectivity index (χ3v) is 4.67. The zero-order valence-corrected chi connectivity index (χ0v) is 15.4. The predicted molar refractivity (Wildman–Crippen MR) is 97.8 cm³/mol. The largest absolute Gasteiger partial charge is 0.490 e. The molecule has 1 heterocycles. The summed E-state index contributed by atoms with van der Waals surface area (Å²) in [7, 11) is 0. The van der Waals surface area contributed by atoms with Crippen LogP contribution in [0.3, 0.4) is 0 Å². The van der Waals surface area contributed by atoms with Crippen LogP contribution in [0.5, 0.6) is 5.75 Å². The number of carbonyl (C=O) groups is 1. The summed E-state index contributed by atoms with van der Waals surface area (Å²) in [4.78, 5) is 16.4. The van der Waals surface area contributed by atoms with E-state index in [9.17, 15) is 4.79 Å². The Morgan fingerprint density at radius 3 is 2.88 bits per heavy atom. The molecule has 2 aromatic rings. The van der Waals surface area contributed by atoms with Gasteiger partial charge in [-0.2, -0.15) is 4.98 Å². The van der Waals surface area contributed by atoms with Gasteiger partial charge in [0.15, 0.2) is 5.82 Å². The van der Waals surface area contributed by atoms with E-state index in [1.807, 2.05) is 31.2 Å². The van der Waals surface area contributed by atoms with Crippen molar-refractivity contribution in [3.05, 3.63) is 41.5 Å². The number of para-hydroxylation sites is 1. The van der Waals surface area contributed by atoms with E-state index in [1.54, 1.807) is 0 Å². The Kier molecular flexibility index (Phi) is 6.63. The number of aromatic nitrogens is 2. The number of amides is 1. The van der Waals surface area contributed by atoms with Gasteiger partial charge >= 0.3 is 0 Å². The van der Waals surface area contributed by atoms with Crippen molar-refractivity contribution in [1.82, 2.24) is 15.5 Å². The van der Waals surface area contributed by atoms with Crippen molar-refractivity contribution >= 4 is 5.91 Å². The average Bonchev–Trinajstić information content (AvgIpc) is 3.33. The highest BCUT2D eigenvalue weighted by Gasteiger charge is 2.17. The van der Waals surface area contributed by atoms with E-state index in [1.165, 1.54) is 12.8 Å². The van der Waals surface area contributed by atoms with Crippen molar-refractivity contribution in [1.29, 1.82) is 0 Å². The maximum Gasteiger partial charge on any atom is 0.226 e. The molecule has 3 rings (SSSR count). The zero-order valence-electron chi connectivity index (χ0n) is 15.4. The molecule has 0 bridgehead atoms. The minimum Gasteiger partial charge on any atom is -0.490 e. The number of hydrogen-bond donors (Lipinski definition) is 1. The SMILES string of the molecule is CCc1noc(CCCC(=O)NCc2ccccc2OC2CCCC2)n1. The van der Waals surface area contributed by atoms with Crippen molar-refractivity contribution in [2.75, 3.05) is 0 Å². The first-order chi connectivity index (χ1) is 12.7. The van der Waals surface area contributed by atoms with E-state index < -0.39 is 0 Å². The summed E-state index contributed by atoms with van der Waals surface area (Å²) in [6.45, 7) is 2.47. The monoisotopic (exact) mass is 357 g/mol. The molecular formula is C20H27N3O3. The van der Waals surface area contributed by atoms with Gasteiger partial charge in [-0.05, 0) is 38.2 Å². The van der Waals surface area contributed by atoms with Crippen molar-refractivity contribution in [3.8, 4) is 5.75 Å². The predicted octanol–water partition coefficient (Wildman–Crippen LogP) is 3.59. The summed E-state index contributed by atoms with van der Waals surface area (Å²) in [5.41, 5.74) is 1.03. The van der Waals surface area contributed by atoms with Gasteiger partial charge in [-0.1, -0.05) is 30.3 Å². The number of rotatable bonds is 9. The summed E-state index contributed by atoms with van der Waals surface area (Å²) < 4.78 is 11.2. The normalized spacial score (nSPS) is 14.5. The van der Waals surface area contributed by atoms with Crippen LogP contribution in [0.25, 0.3) is 0 Å². The van der Waals surface area contributed by atoms with Gasteiger partial charge in [0.05, 0.1) is 6.10 Å². The van der Waals surface area contributed by atoms with Crippen LogP contribution < -0.4 is 10.1 Å². The fourth-order valence-electron chi connectivity index (χ4n) is 3.17. The summed E-state index contributed by atoms with van der Waals surface area (Å²) in [6.07, 6.45) is 7.55. The maximum atomic E-state index is 12.1. The van der Waals surface area contributed by atoms with E-state index in [0.717, 1.165) is 30.6 Å². The molecule has 6 heteroatoms. The molecule has 1 aliphatic carbocycles. The number of nitrogens with one attached hydrogen (secondary N) is 1. The molecule has 0 aliphatic heterocycles. The van der Waals surface area contributed by atoms with Crippen LogP contribution in [0.1, 0.15) is 62.7 Å². The highest BCUT2D eigenvalue weighted by molar-refractivity contribution is 5.75. The summed E-state index contributed by atoms with van der Waals surface area (Å²) >= 11 is 0. The smallest absolute Gasteiger partial charge is 0.226 e. The molecule has 0 spiro atoms. The highest BCUT2D eigenvalue weighted by atomic mass is 16.5. The topological polar surface area (TPSA) is 77.2 Å². The summed E-state index contributed by atoms with van der Waals surface area (Å²) in [6, 6.07) is 7.95. The maximum absolute atomic E-state index is 12.1. The molecule has 140 valence electrons. The molecule has 1 aromatic heterocycles. The van der Waals surface area contributed by atoms with Gasteiger partial charge < -0.3 is 14.6 Å². The van der Waals surface area contributed by atoms with Gasteiger partial charge in [-0.3, -0.25) is 4.79 Å². The van der Waals surface area contributed by atoms with Crippen LogP contribution in [0.4, 0.5) is 0 Å². The minimum absolute atomic E-state index is 0.0240. The summed E-state index contributed by atoms with van der Waals surface area (Å²) in [5, 5.41) is 6.84. The average molecular weight is 357 g/mol. The van der Waals surface area contributed by atoms with E-state index in [-0.39, 0.29) is 5.91 Å². The standard InChI is InChI=1S/C20H27N3O3/c1-2-18-22-20(26-23-18)13-7-12-19(24)21-14-15-8-3-6-11-17(15)25-16-9-4-5-10-16/h3,6,8,11,16H,2,4-5,7,9-10,12-14H2,1H3,(H,21,24). The molecule has 1 saturated carbocycles. The quantitative estimate of drug-likeness (QED) is 0.742. The van der Waals surface area contributed by atoms with Gasteiger partial charge in [0.2, 0.25) is 11.8 Å². The number of nitrogens with zero attached hydrogens (tertiary/aromatic N) is 2. The first-order valence-electron chi connectivity index (χ1n) is 9.57. The molecule has 1 amide bonds. The van der Waals surface area contributed by atoms with E-state index in [2.05, 4.69) is 15.5 Å². The number of aryl methyl sites for hydroxylation is 2. The van der Waals surface area contributed by atoms with Crippen LogP contribution in [-0.2, 0) is 24.2 Å². The number of ether oxygens (including phenoxy) is 1. The fraction of sp³-hybridized carbons (Fsp3) is 0.550. The van der Waals surface area contributed by atoms with Crippen LogP contribution in [0.2, 0.25) is 0 Å². The third kappa shape index (κ3) is 5.31. The Bertz CT molecular complexity index is 708. The second kappa shape index (κ2) is 9.36. The van der Waals surface area contributed by atoms with Gasteiger partial charge in [0, 0.05) is 31.4 Å². The van der Waals surface area contributed by atoms with Crippen LogP contribution >= 0.6 is 0 Å². The second-order valence-electron chi connectivity index (χ2n) is 6.72. The van der Waals surface area contributed by atoms with E-state index in [4.69, 9.17) is 9.26 Å². The lowest BCUT2D eigenvalue weighted by Crippen LogP contribution is -2.23. The van der Waals surface area contributed by atoms with Gasteiger partial charge in [-0.15, -0.1) is 0 Å². The lowest BCUT2D eigenvalue weighted by molar-refractivity contribution is -0.121. The Morgan fingerprint density at radius 2 is 2.12 bits per heavy atom. The first kappa shape index (κ1) is 18.4. The van der Waals surface area contributed by atoms with Gasteiger partial charge in [0.25, 0.3) is 0 Å². The highest BCUT2D eigenvalue weighted by Crippen LogP contribution is 2.26. The molecule has 1 N–H and O–H groups in total. The molecule has 0 radical (unpaired) electrons. The second-order valence-corrected chi connectivity index (χ2v) is 6.72. The number of benzene rings is 1. The number of carbonyl (C=O) groups excluding carboxylic acids is 1. The first-order valence-corrected chi connectivity index (χ1v) is 9.57. The van der Waals surface area contributed by atoms with Crippen LogP contribution in [-0.4, -0.2) is 22.2 Å².